The van der Waals surface area contributed by atoms with Gasteiger partial charge in [-0.3, -0.25) is 14.4 Å². The molecule has 2 aromatic carbocycles. The fourth-order valence-electron chi connectivity index (χ4n) is 2.50. The van der Waals surface area contributed by atoms with Crippen LogP contribution in [0.3, 0.4) is 0 Å². The summed E-state index contributed by atoms with van der Waals surface area (Å²) in [6.07, 6.45) is 1.25. The van der Waals surface area contributed by atoms with Gasteiger partial charge >= 0.3 is 0 Å². The van der Waals surface area contributed by atoms with Crippen molar-refractivity contribution in [2.24, 2.45) is 0 Å². The Labute approximate surface area is 159 Å². The van der Waals surface area contributed by atoms with Gasteiger partial charge in [0.1, 0.15) is 0 Å². The molecule has 0 atom stereocenters. The molecule has 0 aliphatic heterocycles. The second kappa shape index (κ2) is 10.1. The molecule has 0 heterocycles. The molecule has 0 saturated heterocycles. The lowest BCUT2D eigenvalue weighted by Gasteiger charge is -2.09. The predicted octanol–water partition coefficient (Wildman–Crippen LogP) is 2.89. The maximum Gasteiger partial charge on any atom is 0.251 e. The molecule has 27 heavy (non-hydrogen) atoms. The summed E-state index contributed by atoms with van der Waals surface area (Å²) in [5.74, 6) is -0.439. The minimum Gasteiger partial charge on any atom is -0.350 e. The lowest BCUT2D eigenvalue weighted by atomic mass is 10.1. The minimum absolute atomic E-state index is 0.0425. The van der Waals surface area contributed by atoms with Crippen LogP contribution in [0, 0.1) is 6.92 Å². The Bertz CT molecular complexity index is 801. The van der Waals surface area contributed by atoms with Gasteiger partial charge in [-0.05, 0) is 49.7 Å². The van der Waals surface area contributed by atoms with Crippen LogP contribution in [0.25, 0.3) is 0 Å². The molecule has 6 heteroatoms. The van der Waals surface area contributed by atoms with Gasteiger partial charge in [-0.1, -0.05) is 24.6 Å². The highest BCUT2D eigenvalue weighted by Crippen LogP contribution is 2.10. The molecule has 0 fully saturated rings. The molecule has 0 spiro atoms. The van der Waals surface area contributed by atoms with Gasteiger partial charge in [0, 0.05) is 36.3 Å². The smallest absolute Gasteiger partial charge is 0.251 e. The zero-order valence-electron chi connectivity index (χ0n) is 15.7. The highest BCUT2D eigenvalue weighted by Gasteiger charge is 2.07. The van der Waals surface area contributed by atoms with E-state index in [9.17, 15) is 14.4 Å². The molecule has 3 amide bonds. The van der Waals surface area contributed by atoms with Crippen LogP contribution in [0.4, 0.5) is 5.69 Å². The molecule has 0 aromatic heterocycles. The molecular formula is C21H25N3O3. The number of aryl methyl sites for hydroxylation is 1. The standard InChI is InChI=1S/C21H25N3O3/c1-3-5-19(25)24-18-10-8-16(9-11-18)20(26)22-12-13-23-21(27)17-7-4-6-15(2)14-17/h4,6-11,14H,3,5,12-13H2,1-2H3,(H,22,26)(H,23,27)(H,24,25). The fraction of sp³-hybridized carbons (Fsp3) is 0.286. The van der Waals surface area contributed by atoms with Crippen LogP contribution in [0.5, 0.6) is 0 Å². The molecule has 2 aromatic rings. The third kappa shape index (κ3) is 6.58. The molecule has 0 radical (unpaired) electrons. The van der Waals surface area contributed by atoms with Crippen LogP contribution < -0.4 is 16.0 Å². The third-order valence-electron chi connectivity index (χ3n) is 3.88. The van der Waals surface area contributed by atoms with E-state index in [2.05, 4.69) is 16.0 Å². The largest absolute Gasteiger partial charge is 0.350 e. The molecule has 0 saturated carbocycles. The zero-order chi connectivity index (χ0) is 19.6. The van der Waals surface area contributed by atoms with Gasteiger partial charge in [-0.2, -0.15) is 0 Å². The molecule has 0 aliphatic carbocycles. The Hall–Kier alpha value is -3.15. The van der Waals surface area contributed by atoms with Crippen LogP contribution in [0.2, 0.25) is 0 Å². The SMILES string of the molecule is CCCC(=O)Nc1ccc(C(=O)NCCNC(=O)c2cccc(C)c2)cc1. The topological polar surface area (TPSA) is 87.3 Å². The highest BCUT2D eigenvalue weighted by atomic mass is 16.2. The van der Waals surface area contributed by atoms with Crippen molar-refractivity contribution >= 4 is 23.4 Å². The predicted molar refractivity (Wildman–Crippen MR) is 106 cm³/mol. The van der Waals surface area contributed by atoms with Crippen molar-refractivity contribution in [2.45, 2.75) is 26.7 Å². The first kappa shape index (κ1) is 20.2. The quantitative estimate of drug-likeness (QED) is 0.627. The van der Waals surface area contributed by atoms with E-state index >= 15 is 0 Å². The van der Waals surface area contributed by atoms with Gasteiger partial charge in [-0.25, -0.2) is 0 Å². The first-order chi connectivity index (χ1) is 13.0. The second-order valence-corrected chi connectivity index (χ2v) is 6.26. The van der Waals surface area contributed by atoms with Crippen molar-refractivity contribution in [3.05, 3.63) is 65.2 Å². The highest BCUT2D eigenvalue weighted by molar-refractivity contribution is 5.96. The van der Waals surface area contributed by atoms with Crippen LogP contribution in [0.15, 0.2) is 48.5 Å². The maximum atomic E-state index is 12.1. The summed E-state index contributed by atoms with van der Waals surface area (Å²) in [7, 11) is 0. The van der Waals surface area contributed by atoms with Gasteiger partial charge in [0.2, 0.25) is 5.91 Å². The molecule has 3 N–H and O–H groups in total. The van der Waals surface area contributed by atoms with Crippen molar-refractivity contribution in [2.75, 3.05) is 18.4 Å². The lowest BCUT2D eigenvalue weighted by molar-refractivity contribution is -0.116. The monoisotopic (exact) mass is 367 g/mol. The van der Waals surface area contributed by atoms with E-state index in [1.807, 2.05) is 32.0 Å². The zero-order valence-corrected chi connectivity index (χ0v) is 15.7. The van der Waals surface area contributed by atoms with Gasteiger partial charge < -0.3 is 16.0 Å². The number of carbonyl (C=O) groups is 3. The number of nitrogens with one attached hydrogen (secondary N) is 3. The average Bonchev–Trinajstić information content (AvgIpc) is 2.65. The summed E-state index contributed by atoms with van der Waals surface area (Å²) in [6, 6.07) is 14.0. The normalized spacial score (nSPS) is 10.1. The number of hydrogen-bond acceptors (Lipinski definition) is 3. The second-order valence-electron chi connectivity index (χ2n) is 6.26. The molecular weight excluding hydrogens is 342 g/mol. The van der Waals surface area contributed by atoms with E-state index < -0.39 is 0 Å². The summed E-state index contributed by atoms with van der Waals surface area (Å²) in [6.45, 7) is 4.53. The summed E-state index contributed by atoms with van der Waals surface area (Å²) < 4.78 is 0. The van der Waals surface area contributed by atoms with E-state index in [1.165, 1.54) is 0 Å². The summed E-state index contributed by atoms with van der Waals surface area (Å²) in [5.41, 5.74) is 2.77. The van der Waals surface area contributed by atoms with Gasteiger partial charge in [-0.15, -0.1) is 0 Å². The fourth-order valence-corrected chi connectivity index (χ4v) is 2.50. The number of amides is 3. The van der Waals surface area contributed by atoms with E-state index in [4.69, 9.17) is 0 Å². The number of rotatable bonds is 8. The molecule has 2 rings (SSSR count). The Kier molecular flexibility index (Phi) is 7.55. The lowest BCUT2D eigenvalue weighted by Crippen LogP contribution is -2.34. The van der Waals surface area contributed by atoms with Gasteiger partial charge in [0.15, 0.2) is 0 Å². The Morgan fingerprint density at radius 2 is 1.48 bits per heavy atom. The first-order valence-electron chi connectivity index (χ1n) is 9.02. The van der Waals surface area contributed by atoms with Crippen molar-refractivity contribution in [3.8, 4) is 0 Å². The number of carbonyl (C=O) groups excluding carboxylic acids is 3. The number of benzene rings is 2. The molecule has 6 nitrogen and oxygen atoms in total. The van der Waals surface area contributed by atoms with Crippen LogP contribution in [0.1, 0.15) is 46.0 Å². The van der Waals surface area contributed by atoms with Crippen LogP contribution >= 0.6 is 0 Å². The number of anilines is 1. The van der Waals surface area contributed by atoms with Crippen molar-refractivity contribution in [3.63, 3.8) is 0 Å². The Morgan fingerprint density at radius 1 is 0.852 bits per heavy atom. The molecule has 0 bridgehead atoms. The average molecular weight is 367 g/mol. The first-order valence-corrected chi connectivity index (χ1v) is 9.02. The Balaban J connectivity index is 1.75. The van der Waals surface area contributed by atoms with Crippen molar-refractivity contribution < 1.29 is 14.4 Å². The molecule has 142 valence electrons. The van der Waals surface area contributed by atoms with E-state index in [0.717, 1.165) is 12.0 Å². The maximum absolute atomic E-state index is 12.1. The third-order valence-corrected chi connectivity index (χ3v) is 3.88. The van der Waals surface area contributed by atoms with Crippen LogP contribution in [-0.4, -0.2) is 30.8 Å². The molecule has 0 unspecified atom stereocenters. The Morgan fingerprint density at radius 3 is 2.07 bits per heavy atom. The summed E-state index contributed by atoms with van der Waals surface area (Å²) in [4.78, 5) is 35.7. The summed E-state index contributed by atoms with van der Waals surface area (Å²) in [5, 5.41) is 8.31. The number of hydrogen-bond donors (Lipinski definition) is 3. The van der Waals surface area contributed by atoms with Crippen LogP contribution in [-0.2, 0) is 4.79 Å². The van der Waals surface area contributed by atoms with Crippen molar-refractivity contribution in [1.29, 1.82) is 0 Å². The van der Waals surface area contributed by atoms with E-state index in [-0.39, 0.29) is 17.7 Å². The minimum atomic E-state index is -0.230. The van der Waals surface area contributed by atoms with E-state index in [1.54, 1.807) is 30.3 Å². The van der Waals surface area contributed by atoms with Gasteiger partial charge in [0.05, 0.1) is 0 Å². The van der Waals surface area contributed by atoms with Gasteiger partial charge in [0.25, 0.3) is 11.8 Å². The van der Waals surface area contributed by atoms with E-state index in [0.29, 0.717) is 36.3 Å². The molecule has 0 aliphatic rings. The van der Waals surface area contributed by atoms with Crippen molar-refractivity contribution in [1.82, 2.24) is 10.6 Å². The summed E-state index contributed by atoms with van der Waals surface area (Å²) >= 11 is 0.